The number of halogens is 1. The third-order valence-electron chi connectivity index (χ3n) is 2.00. The van der Waals surface area contributed by atoms with Crippen molar-refractivity contribution in [1.29, 1.82) is 0 Å². The predicted octanol–water partition coefficient (Wildman–Crippen LogP) is 2.15. The van der Waals surface area contributed by atoms with E-state index in [2.05, 4.69) is 9.69 Å². The molecule has 1 aromatic rings. The molecule has 1 heterocycles. The molecule has 0 saturated carbocycles. The minimum Gasteiger partial charge on any atom is -0.312 e. The quantitative estimate of drug-likeness (QED) is 0.786. The second-order valence-corrected chi connectivity index (χ2v) is 3.92. The number of alkyl halides is 1. The van der Waals surface area contributed by atoms with Crippen molar-refractivity contribution in [1.82, 2.24) is 9.69 Å². The maximum Gasteiger partial charge on any atom is 0.160 e. The molecule has 0 aliphatic heterocycles. The Morgan fingerprint density at radius 2 is 2.33 bits per heavy atom. The predicted molar refractivity (Wildman–Crippen MR) is 49.1 cm³/mol. The van der Waals surface area contributed by atoms with Gasteiger partial charge < -0.3 is 5.32 Å². The lowest BCUT2D eigenvalue weighted by Crippen LogP contribution is -2.40. The van der Waals surface area contributed by atoms with E-state index in [1.165, 1.54) is 11.5 Å². The highest BCUT2D eigenvalue weighted by molar-refractivity contribution is 7.03. The van der Waals surface area contributed by atoms with Crippen LogP contribution in [0.2, 0.25) is 0 Å². The van der Waals surface area contributed by atoms with Crippen LogP contribution >= 0.6 is 11.5 Å². The Morgan fingerprint density at radius 3 is 2.75 bits per heavy atom. The molecule has 0 saturated heterocycles. The van der Waals surface area contributed by atoms with Crippen LogP contribution < -0.4 is 5.32 Å². The average molecular weight is 188 g/mol. The monoisotopic (exact) mass is 188 g/mol. The molecular weight excluding hydrogens is 175 g/mol. The first-order valence-corrected chi connectivity index (χ1v) is 4.65. The fourth-order valence-electron chi connectivity index (χ4n) is 0.849. The van der Waals surface area contributed by atoms with Gasteiger partial charge >= 0.3 is 0 Å². The lowest BCUT2D eigenvalue weighted by atomic mass is 9.97. The Labute approximate surface area is 76.0 Å². The van der Waals surface area contributed by atoms with Crippen molar-refractivity contribution in [3.8, 4) is 0 Å². The summed E-state index contributed by atoms with van der Waals surface area (Å²) in [5, 5.41) is 4.70. The molecule has 0 fully saturated rings. The molecular formula is C8H13FN2S. The summed E-state index contributed by atoms with van der Waals surface area (Å²) >= 11 is 1.28. The zero-order valence-corrected chi connectivity index (χ0v) is 8.28. The topological polar surface area (TPSA) is 24.9 Å². The van der Waals surface area contributed by atoms with Gasteiger partial charge in [0.05, 0.1) is 5.69 Å². The highest BCUT2D eigenvalue weighted by Crippen LogP contribution is 2.28. The molecule has 0 aliphatic carbocycles. The number of aromatic nitrogens is 1. The summed E-state index contributed by atoms with van der Waals surface area (Å²) in [6.45, 7) is 3.63. The number of rotatable bonds is 3. The molecule has 1 aromatic heterocycles. The van der Waals surface area contributed by atoms with E-state index in [0.29, 0.717) is 5.69 Å². The molecule has 0 bridgehead atoms. The Balaban J connectivity index is 2.78. The largest absolute Gasteiger partial charge is 0.312 e. The highest BCUT2D eigenvalue weighted by atomic mass is 32.1. The Morgan fingerprint density at radius 1 is 1.67 bits per heavy atom. The minimum absolute atomic E-state index is 0.513. The fourth-order valence-corrected chi connectivity index (χ4v) is 1.39. The fraction of sp³-hybridized carbons (Fsp3) is 0.625. The van der Waals surface area contributed by atoms with Crippen LogP contribution in [0.4, 0.5) is 4.39 Å². The van der Waals surface area contributed by atoms with Gasteiger partial charge in [-0.15, -0.1) is 0 Å². The van der Waals surface area contributed by atoms with Crippen molar-refractivity contribution in [2.45, 2.75) is 25.6 Å². The van der Waals surface area contributed by atoms with Crippen molar-refractivity contribution in [2.24, 2.45) is 0 Å². The highest BCUT2D eigenvalue weighted by Gasteiger charge is 2.30. The van der Waals surface area contributed by atoms with Gasteiger partial charge in [-0.2, -0.15) is 4.37 Å². The lowest BCUT2D eigenvalue weighted by Gasteiger charge is -2.26. The van der Waals surface area contributed by atoms with Crippen LogP contribution in [0.5, 0.6) is 0 Å². The molecule has 4 heteroatoms. The first-order chi connectivity index (χ1) is 5.58. The summed E-state index contributed by atoms with van der Waals surface area (Å²) in [4.78, 5) is 0. The second-order valence-electron chi connectivity index (χ2n) is 3.26. The smallest absolute Gasteiger partial charge is 0.160 e. The van der Waals surface area contributed by atoms with E-state index in [1.807, 2.05) is 13.8 Å². The molecule has 12 heavy (non-hydrogen) atoms. The van der Waals surface area contributed by atoms with E-state index >= 15 is 0 Å². The van der Waals surface area contributed by atoms with Gasteiger partial charge in [0, 0.05) is 10.9 Å². The Bertz CT molecular complexity index is 233. The average Bonchev–Trinajstić information content (AvgIpc) is 2.55. The normalized spacial score (nSPS) is 14.7. The molecule has 1 rings (SSSR count). The van der Waals surface area contributed by atoms with E-state index in [4.69, 9.17) is 0 Å². The molecule has 2 nitrogen and oxygen atoms in total. The molecule has 1 N–H and O–H groups in total. The van der Waals surface area contributed by atoms with E-state index < -0.39 is 11.7 Å². The summed E-state index contributed by atoms with van der Waals surface area (Å²) in [5.41, 5.74) is -0.0343. The summed E-state index contributed by atoms with van der Waals surface area (Å²) < 4.78 is 17.6. The van der Waals surface area contributed by atoms with Gasteiger partial charge in [-0.3, -0.25) is 0 Å². The van der Waals surface area contributed by atoms with Gasteiger partial charge in [-0.25, -0.2) is 4.39 Å². The molecule has 1 unspecified atom stereocenters. The Kier molecular flexibility index (Phi) is 2.80. The van der Waals surface area contributed by atoms with Crippen molar-refractivity contribution < 1.29 is 4.39 Å². The zero-order valence-electron chi connectivity index (χ0n) is 7.47. The third kappa shape index (κ3) is 1.81. The summed E-state index contributed by atoms with van der Waals surface area (Å²) in [6.07, 6.45) is -1.05. The second kappa shape index (κ2) is 3.49. The van der Waals surface area contributed by atoms with Crippen LogP contribution in [0.3, 0.4) is 0 Å². The Hall–Kier alpha value is -0.480. The minimum atomic E-state index is -1.05. The van der Waals surface area contributed by atoms with E-state index in [9.17, 15) is 4.39 Å². The van der Waals surface area contributed by atoms with Crippen molar-refractivity contribution in [3.63, 3.8) is 0 Å². The van der Waals surface area contributed by atoms with E-state index in [0.717, 1.165) is 0 Å². The van der Waals surface area contributed by atoms with Gasteiger partial charge in [-0.1, -0.05) is 0 Å². The SMILES string of the molecule is CNC(C)(C)C(F)c1ccsn1. The zero-order chi connectivity index (χ0) is 9.19. The molecule has 68 valence electrons. The van der Waals surface area contributed by atoms with Crippen LogP contribution in [-0.4, -0.2) is 17.0 Å². The maximum atomic E-state index is 13.6. The van der Waals surface area contributed by atoms with E-state index in [-0.39, 0.29) is 0 Å². The molecule has 0 aliphatic rings. The summed E-state index contributed by atoms with van der Waals surface area (Å²) in [6, 6.07) is 1.72. The number of hydrogen-bond donors (Lipinski definition) is 1. The molecule has 1 atom stereocenters. The summed E-state index contributed by atoms with van der Waals surface area (Å²) in [7, 11) is 1.75. The van der Waals surface area contributed by atoms with Crippen LogP contribution in [0.1, 0.15) is 25.7 Å². The van der Waals surface area contributed by atoms with Crippen LogP contribution in [0, 0.1) is 0 Å². The molecule has 0 aromatic carbocycles. The van der Waals surface area contributed by atoms with Gasteiger partial charge in [-0.05, 0) is 38.5 Å². The molecule has 0 amide bonds. The van der Waals surface area contributed by atoms with Gasteiger partial charge in [0.15, 0.2) is 6.17 Å². The van der Waals surface area contributed by atoms with Gasteiger partial charge in [0.25, 0.3) is 0 Å². The third-order valence-corrected chi connectivity index (χ3v) is 2.57. The summed E-state index contributed by atoms with van der Waals surface area (Å²) in [5.74, 6) is 0. The number of hydrogen-bond acceptors (Lipinski definition) is 3. The maximum absolute atomic E-state index is 13.6. The van der Waals surface area contributed by atoms with Gasteiger partial charge in [0.2, 0.25) is 0 Å². The number of nitrogens with one attached hydrogen (secondary N) is 1. The number of likely N-dealkylation sites (N-methyl/N-ethyl adjacent to an activating group) is 1. The first-order valence-electron chi connectivity index (χ1n) is 3.81. The van der Waals surface area contributed by atoms with Crippen molar-refractivity contribution >= 4 is 11.5 Å². The van der Waals surface area contributed by atoms with Crippen LogP contribution in [0.15, 0.2) is 11.4 Å². The lowest BCUT2D eigenvalue weighted by molar-refractivity contribution is 0.187. The molecule has 0 spiro atoms. The van der Waals surface area contributed by atoms with Crippen molar-refractivity contribution in [2.75, 3.05) is 7.05 Å². The van der Waals surface area contributed by atoms with Crippen LogP contribution in [-0.2, 0) is 0 Å². The van der Waals surface area contributed by atoms with Crippen molar-refractivity contribution in [3.05, 3.63) is 17.1 Å². The molecule has 0 radical (unpaired) electrons. The van der Waals surface area contributed by atoms with E-state index in [1.54, 1.807) is 18.5 Å². The van der Waals surface area contributed by atoms with Gasteiger partial charge in [0.1, 0.15) is 0 Å². The standard InChI is InChI=1S/C8H13FN2S/c1-8(2,10-3)7(9)6-4-5-12-11-6/h4-5,7,10H,1-3H3. The first kappa shape index (κ1) is 9.61. The van der Waals surface area contributed by atoms with Crippen LogP contribution in [0.25, 0.3) is 0 Å². The number of nitrogens with zero attached hydrogens (tertiary/aromatic N) is 1.